The van der Waals surface area contributed by atoms with Gasteiger partial charge in [0.15, 0.2) is 5.13 Å². The first kappa shape index (κ1) is 14.4. The van der Waals surface area contributed by atoms with Crippen LogP contribution in [0.2, 0.25) is 0 Å². The third-order valence-corrected chi connectivity index (χ3v) is 3.13. The highest BCUT2D eigenvalue weighted by atomic mass is 32.1. The Kier molecular flexibility index (Phi) is 4.66. The molecule has 0 saturated heterocycles. The van der Waals surface area contributed by atoms with Gasteiger partial charge in [0, 0.05) is 17.3 Å². The Morgan fingerprint density at radius 1 is 1.50 bits per heavy atom. The molecule has 0 spiro atoms. The summed E-state index contributed by atoms with van der Waals surface area (Å²) in [6.45, 7) is 5.40. The SMILES string of the molecule is Cc1csc(NC(=O)NC(C)(C)CCC(=O)O)n1. The van der Waals surface area contributed by atoms with Crippen LogP contribution in [0.1, 0.15) is 32.4 Å². The largest absolute Gasteiger partial charge is 0.481 e. The molecule has 0 aromatic carbocycles. The minimum absolute atomic E-state index is 0.0175. The molecule has 1 aromatic rings. The van der Waals surface area contributed by atoms with Crippen LogP contribution in [0.4, 0.5) is 9.93 Å². The molecular formula is C11H17N3O3S. The first-order chi connectivity index (χ1) is 8.28. The van der Waals surface area contributed by atoms with Gasteiger partial charge in [0.2, 0.25) is 0 Å². The van der Waals surface area contributed by atoms with Gasteiger partial charge in [0.25, 0.3) is 0 Å². The quantitative estimate of drug-likeness (QED) is 0.765. The number of rotatable bonds is 5. The molecule has 1 heterocycles. The van der Waals surface area contributed by atoms with Crippen LogP contribution in [0.3, 0.4) is 0 Å². The van der Waals surface area contributed by atoms with E-state index < -0.39 is 11.5 Å². The van der Waals surface area contributed by atoms with Crippen molar-refractivity contribution >= 4 is 28.5 Å². The number of thiazole rings is 1. The third kappa shape index (κ3) is 5.13. The second-order valence-corrected chi connectivity index (χ2v) is 5.51. The summed E-state index contributed by atoms with van der Waals surface area (Å²) in [6, 6.07) is -0.375. The molecule has 100 valence electrons. The number of nitrogens with zero attached hydrogens (tertiary/aromatic N) is 1. The van der Waals surface area contributed by atoms with Crippen LogP contribution >= 0.6 is 11.3 Å². The summed E-state index contributed by atoms with van der Waals surface area (Å²) in [5, 5.41) is 16.3. The standard InChI is InChI=1S/C11H17N3O3S/c1-7-6-18-10(12-7)13-9(17)14-11(2,3)5-4-8(15)16/h6H,4-5H2,1-3H3,(H,15,16)(H2,12,13,14,17). The van der Waals surface area contributed by atoms with E-state index in [1.54, 1.807) is 13.8 Å². The Balaban J connectivity index is 2.45. The molecule has 6 nitrogen and oxygen atoms in total. The van der Waals surface area contributed by atoms with E-state index in [9.17, 15) is 9.59 Å². The fraction of sp³-hybridized carbons (Fsp3) is 0.545. The van der Waals surface area contributed by atoms with E-state index in [0.717, 1.165) is 5.69 Å². The highest BCUT2D eigenvalue weighted by Gasteiger charge is 2.21. The van der Waals surface area contributed by atoms with Crippen LogP contribution in [-0.2, 0) is 4.79 Å². The molecule has 1 rings (SSSR count). The van der Waals surface area contributed by atoms with Crippen molar-refractivity contribution < 1.29 is 14.7 Å². The van der Waals surface area contributed by atoms with Crippen molar-refractivity contribution in [3.63, 3.8) is 0 Å². The average Bonchev–Trinajstić information content (AvgIpc) is 2.60. The zero-order valence-electron chi connectivity index (χ0n) is 10.6. The number of amides is 2. The molecule has 0 saturated carbocycles. The molecule has 0 aliphatic carbocycles. The van der Waals surface area contributed by atoms with E-state index in [1.165, 1.54) is 11.3 Å². The zero-order chi connectivity index (χ0) is 13.8. The summed E-state index contributed by atoms with van der Waals surface area (Å²) in [6.07, 6.45) is 0.385. The molecule has 0 unspecified atom stereocenters. The number of carbonyl (C=O) groups excluding carboxylic acids is 1. The first-order valence-corrected chi connectivity index (χ1v) is 6.39. The molecular weight excluding hydrogens is 254 g/mol. The number of aromatic nitrogens is 1. The van der Waals surface area contributed by atoms with Crippen LogP contribution < -0.4 is 10.6 Å². The van der Waals surface area contributed by atoms with Crippen LogP contribution in [0, 0.1) is 6.92 Å². The van der Waals surface area contributed by atoms with Crippen molar-refractivity contribution in [3.05, 3.63) is 11.1 Å². The summed E-state index contributed by atoms with van der Waals surface area (Å²) in [7, 11) is 0. The van der Waals surface area contributed by atoms with Gasteiger partial charge in [0.05, 0.1) is 5.69 Å². The average molecular weight is 271 g/mol. The highest BCUT2D eigenvalue weighted by Crippen LogP contribution is 2.15. The number of carboxylic acids is 1. The first-order valence-electron chi connectivity index (χ1n) is 5.51. The number of nitrogens with one attached hydrogen (secondary N) is 2. The van der Waals surface area contributed by atoms with Gasteiger partial charge in [-0.2, -0.15) is 0 Å². The lowest BCUT2D eigenvalue weighted by atomic mass is 9.99. The third-order valence-electron chi connectivity index (χ3n) is 2.26. The fourth-order valence-electron chi connectivity index (χ4n) is 1.33. The summed E-state index contributed by atoms with van der Waals surface area (Å²) in [5.41, 5.74) is 0.273. The van der Waals surface area contributed by atoms with Crippen LogP contribution in [-0.4, -0.2) is 27.6 Å². The monoisotopic (exact) mass is 271 g/mol. The minimum Gasteiger partial charge on any atom is -0.481 e. The van der Waals surface area contributed by atoms with E-state index in [-0.39, 0.29) is 12.5 Å². The molecule has 0 aliphatic heterocycles. The maximum atomic E-state index is 11.7. The molecule has 1 aromatic heterocycles. The second-order valence-electron chi connectivity index (χ2n) is 4.65. The van der Waals surface area contributed by atoms with Gasteiger partial charge in [-0.25, -0.2) is 9.78 Å². The lowest BCUT2D eigenvalue weighted by Gasteiger charge is -2.25. The Labute approximate surface area is 109 Å². The highest BCUT2D eigenvalue weighted by molar-refractivity contribution is 7.13. The Bertz CT molecular complexity index is 442. The molecule has 0 radical (unpaired) electrons. The zero-order valence-corrected chi connectivity index (χ0v) is 11.4. The van der Waals surface area contributed by atoms with Gasteiger partial charge in [-0.1, -0.05) is 0 Å². The Hall–Kier alpha value is -1.63. The minimum atomic E-state index is -0.874. The molecule has 0 aliphatic rings. The van der Waals surface area contributed by atoms with Gasteiger partial charge in [0.1, 0.15) is 0 Å². The Morgan fingerprint density at radius 2 is 2.17 bits per heavy atom. The van der Waals surface area contributed by atoms with Crippen LogP contribution in [0.25, 0.3) is 0 Å². The predicted octanol–water partition coefficient (Wildman–Crippen LogP) is 2.22. The lowest BCUT2D eigenvalue weighted by Crippen LogP contribution is -2.45. The predicted molar refractivity (Wildman–Crippen MR) is 70.0 cm³/mol. The number of carboxylic acid groups (broad SMARTS) is 1. The van der Waals surface area contributed by atoms with E-state index in [1.807, 2.05) is 12.3 Å². The van der Waals surface area contributed by atoms with Crippen molar-refractivity contribution in [3.8, 4) is 0 Å². The van der Waals surface area contributed by atoms with Crippen molar-refractivity contribution in [1.29, 1.82) is 0 Å². The number of hydrogen-bond donors (Lipinski definition) is 3. The molecule has 2 amide bonds. The number of urea groups is 1. The van der Waals surface area contributed by atoms with Gasteiger partial charge < -0.3 is 10.4 Å². The van der Waals surface area contributed by atoms with Crippen LogP contribution in [0.5, 0.6) is 0 Å². The fourth-order valence-corrected chi connectivity index (χ4v) is 2.01. The summed E-state index contributed by atoms with van der Waals surface area (Å²) >= 11 is 1.34. The maximum absolute atomic E-state index is 11.7. The van der Waals surface area contributed by atoms with E-state index in [0.29, 0.717) is 11.6 Å². The van der Waals surface area contributed by atoms with Crippen LogP contribution in [0.15, 0.2) is 5.38 Å². The molecule has 3 N–H and O–H groups in total. The molecule has 18 heavy (non-hydrogen) atoms. The van der Waals surface area contributed by atoms with Gasteiger partial charge >= 0.3 is 12.0 Å². The summed E-state index contributed by atoms with van der Waals surface area (Å²) in [4.78, 5) is 26.3. The van der Waals surface area contributed by atoms with Crippen molar-refractivity contribution in [2.75, 3.05) is 5.32 Å². The lowest BCUT2D eigenvalue weighted by molar-refractivity contribution is -0.137. The molecule has 0 atom stereocenters. The maximum Gasteiger partial charge on any atom is 0.321 e. The van der Waals surface area contributed by atoms with Gasteiger partial charge in [-0.05, 0) is 27.2 Å². The summed E-state index contributed by atoms with van der Waals surface area (Å²) < 4.78 is 0. The van der Waals surface area contributed by atoms with E-state index in [4.69, 9.17) is 5.11 Å². The normalized spacial score (nSPS) is 11.1. The van der Waals surface area contributed by atoms with Gasteiger partial charge in [-0.3, -0.25) is 10.1 Å². The number of anilines is 1. The number of hydrogen-bond acceptors (Lipinski definition) is 4. The number of carbonyl (C=O) groups is 2. The smallest absolute Gasteiger partial charge is 0.321 e. The topological polar surface area (TPSA) is 91.3 Å². The van der Waals surface area contributed by atoms with Gasteiger partial charge in [-0.15, -0.1) is 11.3 Å². The summed E-state index contributed by atoms with van der Waals surface area (Å²) in [5.74, 6) is -0.874. The molecule has 0 bridgehead atoms. The number of aliphatic carboxylic acids is 1. The van der Waals surface area contributed by atoms with E-state index >= 15 is 0 Å². The van der Waals surface area contributed by atoms with Crippen molar-refractivity contribution in [1.82, 2.24) is 10.3 Å². The molecule has 7 heteroatoms. The van der Waals surface area contributed by atoms with E-state index in [2.05, 4.69) is 15.6 Å². The van der Waals surface area contributed by atoms with Crippen molar-refractivity contribution in [2.24, 2.45) is 0 Å². The Morgan fingerprint density at radius 3 is 2.67 bits per heavy atom. The molecule has 0 fully saturated rings. The van der Waals surface area contributed by atoms with Crippen molar-refractivity contribution in [2.45, 2.75) is 39.2 Å². The number of aryl methyl sites for hydroxylation is 1. The second kappa shape index (κ2) is 5.81.